The van der Waals surface area contributed by atoms with Crippen molar-refractivity contribution in [1.29, 1.82) is 0 Å². The molecule has 1 N–H and O–H groups in total. The first-order chi connectivity index (χ1) is 17.5. The van der Waals surface area contributed by atoms with Gasteiger partial charge in [0.05, 0.1) is 6.42 Å². The molecule has 5 heteroatoms. The first-order valence-corrected chi connectivity index (χ1v) is 12.3. The molecule has 4 aromatic carbocycles. The number of rotatable bonds is 9. The van der Waals surface area contributed by atoms with Crippen LogP contribution in [0.25, 0.3) is 0 Å². The van der Waals surface area contributed by atoms with Gasteiger partial charge in [-0.3, -0.25) is 9.59 Å². The lowest BCUT2D eigenvalue weighted by atomic mass is 10.0. The molecule has 4 nitrogen and oxygen atoms in total. The van der Waals surface area contributed by atoms with E-state index in [1.165, 1.54) is 0 Å². The Bertz CT molecular complexity index is 1270. The zero-order valence-electron chi connectivity index (χ0n) is 20.2. The second-order valence-corrected chi connectivity index (χ2v) is 9.26. The normalized spacial score (nSPS) is 11.5. The van der Waals surface area contributed by atoms with Gasteiger partial charge in [0.15, 0.2) is 0 Å². The molecule has 4 rings (SSSR count). The molecule has 0 radical (unpaired) electrons. The number of nitrogens with zero attached hydrogens (tertiary/aromatic N) is 1. The first-order valence-electron chi connectivity index (χ1n) is 12.0. The quantitative estimate of drug-likeness (QED) is 0.296. The largest absolute Gasteiger partial charge is 0.350 e. The van der Waals surface area contributed by atoms with Gasteiger partial charge in [-0.15, -0.1) is 0 Å². The van der Waals surface area contributed by atoms with Crippen molar-refractivity contribution in [2.45, 2.75) is 32.5 Å². The molecule has 0 aliphatic heterocycles. The van der Waals surface area contributed by atoms with E-state index in [2.05, 4.69) is 5.32 Å². The molecular weight excluding hydrogens is 468 g/mol. The molecule has 0 fully saturated rings. The number of benzene rings is 4. The summed E-state index contributed by atoms with van der Waals surface area (Å²) in [5.41, 5.74) is 4.71. The summed E-state index contributed by atoms with van der Waals surface area (Å²) in [7, 11) is 0. The Balaban J connectivity index is 1.66. The molecular formula is C31H29ClN2O2. The van der Waals surface area contributed by atoms with Gasteiger partial charge in [-0.25, -0.2) is 0 Å². The maximum Gasteiger partial charge on any atom is 0.247 e. The Kier molecular flexibility index (Phi) is 8.53. The highest BCUT2D eigenvalue weighted by Crippen LogP contribution is 2.25. The van der Waals surface area contributed by atoms with Crippen LogP contribution < -0.4 is 5.32 Å². The third kappa shape index (κ3) is 6.83. The SMILES string of the molecule is Cc1ccc(CNC(=O)[C@H](c2ccccc2)N(Cc2ccc(Cl)cc2)C(=O)Cc2ccccc2)cc1. The molecule has 0 aliphatic rings. The molecule has 4 aromatic rings. The summed E-state index contributed by atoms with van der Waals surface area (Å²) in [6.45, 7) is 2.69. The average Bonchev–Trinajstić information content (AvgIpc) is 2.90. The molecule has 36 heavy (non-hydrogen) atoms. The number of carbonyl (C=O) groups is 2. The van der Waals surface area contributed by atoms with Crippen molar-refractivity contribution in [3.63, 3.8) is 0 Å². The van der Waals surface area contributed by atoms with Crippen LogP contribution in [0.4, 0.5) is 0 Å². The Morgan fingerprint density at radius 2 is 1.33 bits per heavy atom. The lowest BCUT2D eigenvalue weighted by molar-refractivity contribution is -0.141. The monoisotopic (exact) mass is 496 g/mol. The maximum atomic E-state index is 13.7. The van der Waals surface area contributed by atoms with Crippen molar-refractivity contribution in [3.05, 3.63) is 142 Å². The minimum atomic E-state index is -0.788. The zero-order valence-corrected chi connectivity index (χ0v) is 21.0. The molecule has 1 atom stereocenters. The van der Waals surface area contributed by atoms with E-state index < -0.39 is 6.04 Å². The van der Waals surface area contributed by atoms with E-state index in [1.54, 1.807) is 17.0 Å². The van der Waals surface area contributed by atoms with Gasteiger partial charge in [-0.2, -0.15) is 0 Å². The Morgan fingerprint density at radius 3 is 1.97 bits per heavy atom. The van der Waals surface area contributed by atoms with E-state index in [9.17, 15) is 9.59 Å². The van der Waals surface area contributed by atoms with Crippen LogP contribution >= 0.6 is 11.6 Å². The fourth-order valence-electron chi connectivity index (χ4n) is 4.08. The number of halogens is 1. The molecule has 182 valence electrons. The highest BCUT2D eigenvalue weighted by Gasteiger charge is 2.31. The van der Waals surface area contributed by atoms with Gasteiger partial charge in [0.1, 0.15) is 6.04 Å². The molecule has 2 amide bonds. The third-order valence-corrected chi connectivity index (χ3v) is 6.30. The Labute approximate surface area is 217 Å². The van der Waals surface area contributed by atoms with Crippen molar-refractivity contribution in [2.24, 2.45) is 0 Å². The van der Waals surface area contributed by atoms with Crippen LogP contribution in [0.3, 0.4) is 0 Å². The van der Waals surface area contributed by atoms with Gasteiger partial charge in [0.2, 0.25) is 11.8 Å². The van der Waals surface area contributed by atoms with Crippen molar-refractivity contribution < 1.29 is 9.59 Å². The minimum Gasteiger partial charge on any atom is -0.350 e. The highest BCUT2D eigenvalue weighted by molar-refractivity contribution is 6.30. The van der Waals surface area contributed by atoms with Gasteiger partial charge >= 0.3 is 0 Å². The van der Waals surface area contributed by atoms with E-state index in [4.69, 9.17) is 11.6 Å². The number of aryl methyl sites for hydroxylation is 1. The van der Waals surface area contributed by atoms with E-state index in [1.807, 2.05) is 104 Å². The molecule has 0 saturated heterocycles. The molecule has 0 aliphatic carbocycles. The van der Waals surface area contributed by atoms with Crippen molar-refractivity contribution in [2.75, 3.05) is 0 Å². The predicted octanol–water partition coefficient (Wildman–Crippen LogP) is 6.28. The van der Waals surface area contributed by atoms with E-state index in [0.29, 0.717) is 11.6 Å². The molecule has 0 heterocycles. The van der Waals surface area contributed by atoms with Crippen molar-refractivity contribution in [3.8, 4) is 0 Å². The van der Waals surface area contributed by atoms with Crippen LogP contribution in [-0.2, 0) is 29.1 Å². The minimum absolute atomic E-state index is 0.129. The molecule has 0 spiro atoms. The molecule has 0 unspecified atom stereocenters. The lowest BCUT2D eigenvalue weighted by Gasteiger charge is -2.32. The van der Waals surface area contributed by atoms with Crippen molar-refractivity contribution in [1.82, 2.24) is 10.2 Å². The standard InChI is InChI=1S/C31H29ClN2O2/c1-23-12-14-25(15-13-23)21-33-31(36)30(27-10-6-3-7-11-27)34(22-26-16-18-28(32)19-17-26)29(35)20-24-8-4-2-5-9-24/h2-19,30H,20-22H2,1H3,(H,33,36)/t30-/m0/s1. The Hall–Kier alpha value is -3.89. The van der Waals surface area contributed by atoms with Gasteiger partial charge < -0.3 is 10.2 Å². The van der Waals surface area contributed by atoms with Crippen LogP contribution in [-0.4, -0.2) is 16.7 Å². The summed E-state index contributed by atoms with van der Waals surface area (Å²) >= 11 is 6.09. The van der Waals surface area contributed by atoms with Crippen LogP contribution in [0.2, 0.25) is 5.02 Å². The van der Waals surface area contributed by atoms with Gasteiger partial charge in [0, 0.05) is 18.1 Å². The second kappa shape index (κ2) is 12.2. The van der Waals surface area contributed by atoms with Crippen LogP contribution in [0.1, 0.15) is 33.9 Å². The summed E-state index contributed by atoms with van der Waals surface area (Å²) in [5, 5.41) is 3.68. The summed E-state index contributed by atoms with van der Waals surface area (Å²) in [6.07, 6.45) is 0.197. The average molecular weight is 497 g/mol. The van der Waals surface area contributed by atoms with E-state index in [0.717, 1.165) is 27.8 Å². The van der Waals surface area contributed by atoms with Gasteiger partial charge in [-0.1, -0.05) is 114 Å². The first kappa shape index (κ1) is 25.2. The summed E-state index contributed by atoms with van der Waals surface area (Å²) in [6, 6.07) is 33.7. The highest BCUT2D eigenvalue weighted by atomic mass is 35.5. The summed E-state index contributed by atoms with van der Waals surface area (Å²) < 4.78 is 0. The molecule has 0 saturated carbocycles. The fourth-order valence-corrected chi connectivity index (χ4v) is 4.21. The van der Waals surface area contributed by atoms with E-state index >= 15 is 0 Å². The fraction of sp³-hybridized carbons (Fsp3) is 0.161. The second-order valence-electron chi connectivity index (χ2n) is 8.83. The van der Waals surface area contributed by atoms with Crippen LogP contribution in [0, 0.1) is 6.92 Å². The van der Waals surface area contributed by atoms with E-state index in [-0.39, 0.29) is 24.8 Å². The molecule has 0 aromatic heterocycles. The third-order valence-electron chi connectivity index (χ3n) is 6.05. The number of hydrogen-bond acceptors (Lipinski definition) is 2. The zero-order chi connectivity index (χ0) is 25.3. The van der Waals surface area contributed by atoms with Crippen LogP contribution in [0.15, 0.2) is 109 Å². The topological polar surface area (TPSA) is 49.4 Å². The van der Waals surface area contributed by atoms with Crippen LogP contribution in [0.5, 0.6) is 0 Å². The molecule has 0 bridgehead atoms. The smallest absolute Gasteiger partial charge is 0.247 e. The lowest BCUT2D eigenvalue weighted by Crippen LogP contribution is -2.43. The number of hydrogen-bond donors (Lipinski definition) is 1. The number of nitrogens with one attached hydrogen (secondary N) is 1. The van der Waals surface area contributed by atoms with Gasteiger partial charge in [-0.05, 0) is 41.3 Å². The summed E-state index contributed by atoms with van der Waals surface area (Å²) in [5.74, 6) is -0.354. The number of carbonyl (C=O) groups excluding carboxylic acids is 2. The summed E-state index contributed by atoms with van der Waals surface area (Å²) in [4.78, 5) is 29.1. The maximum absolute atomic E-state index is 13.7. The van der Waals surface area contributed by atoms with Crippen molar-refractivity contribution >= 4 is 23.4 Å². The number of amides is 2. The predicted molar refractivity (Wildman–Crippen MR) is 144 cm³/mol. The Morgan fingerprint density at radius 1 is 0.750 bits per heavy atom. The van der Waals surface area contributed by atoms with Gasteiger partial charge in [0.25, 0.3) is 0 Å².